The Balaban J connectivity index is 5.79. The average molecular weight is 440 g/mol. The van der Waals surface area contributed by atoms with E-state index in [1.165, 1.54) is 0 Å². The Labute approximate surface area is 141 Å². The van der Waals surface area contributed by atoms with Gasteiger partial charge in [-0.2, -0.15) is 81.5 Å². The fraction of sp³-hybridized carbons (Fsp3) is 1.00. The van der Waals surface area contributed by atoms with Crippen LogP contribution in [0.3, 0.4) is 0 Å². The Kier molecular flexibility index (Phi) is 7.36. The van der Waals surface area contributed by atoms with Crippen molar-refractivity contribution in [2.24, 2.45) is 0 Å². The molecule has 0 spiro atoms. The Morgan fingerprint density at radius 1 is 0.560 bits per heavy atom. The second-order valence-corrected chi connectivity index (χ2v) is 6.26. The van der Waals surface area contributed by atoms with Crippen LogP contribution in [0.4, 0.5) is 57.1 Å². The van der Waals surface area contributed by atoms with Crippen molar-refractivity contribution in [1.82, 2.24) is 0 Å². The third-order valence-electron chi connectivity index (χ3n) is 2.79. The standard InChI is InChI=1S/C10H9F13S2/c11-5(12,1-3-25-4-2-24)6(13,14)7(15,16)8(17,18)9(19,20)10(21,22)23/h24H,1-4H2. The van der Waals surface area contributed by atoms with Crippen LogP contribution in [0.15, 0.2) is 0 Å². The van der Waals surface area contributed by atoms with E-state index in [0.29, 0.717) is 11.8 Å². The quantitative estimate of drug-likeness (QED) is 0.270. The van der Waals surface area contributed by atoms with Gasteiger partial charge in [0.2, 0.25) is 0 Å². The summed E-state index contributed by atoms with van der Waals surface area (Å²) in [5, 5.41) is 0. The topological polar surface area (TPSA) is 0 Å². The van der Waals surface area contributed by atoms with E-state index in [2.05, 4.69) is 12.6 Å². The molecule has 0 unspecified atom stereocenters. The van der Waals surface area contributed by atoms with E-state index in [1.54, 1.807) is 0 Å². The molecule has 0 rings (SSSR count). The highest BCUT2D eigenvalue weighted by atomic mass is 32.2. The highest BCUT2D eigenvalue weighted by Gasteiger charge is 2.90. The minimum Gasteiger partial charge on any atom is -0.200 e. The van der Waals surface area contributed by atoms with Gasteiger partial charge in [0.25, 0.3) is 0 Å². The zero-order valence-electron chi connectivity index (χ0n) is 11.6. The van der Waals surface area contributed by atoms with Gasteiger partial charge in [0.05, 0.1) is 0 Å². The van der Waals surface area contributed by atoms with Gasteiger partial charge in [-0.15, -0.1) is 0 Å². The van der Waals surface area contributed by atoms with Gasteiger partial charge in [-0.25, -0.2) is 0 Å². The zero-order valence-corrected chi connectivity index (χ0v) is 13.3. The molecule has 0 radical (unpaired) electrons. The predicted octanol–water partition coefficient (Wildman–Crippen LogP) is 5.78. The van der Waals surface area contributed by atoms with Crippen LogP contribution < -0.4 is 0 Å². The molecule has 0 nitrogen and oxygen atoms in total. The SMILES string of the molecule is FC(F)(F)C(F)(F)C(F)(F)C(F)(F)C(F)(F)C(F)(F)CCSCCS. The summed E-state index contributed by atoms with van der Waals surface area (Å²) in [7, 11) is 0. The summed E-state index contributed by atoms with van der Waals surface area (Å²) < 4.78 is 165. The molecule has 0 amide bonds. The van der Waals surface area contributed by atoms with Gasteiger partial charge in [-0.1, -0.05) is 0 Å². The number of alkyl halides is 13. The predicted molar refractivity (Wildman–Crippen MR) is 66.6 cm³/mol. The Bertz CT molecular complexity index is 443. The Hall–Kier alpha value is -0.210. The highest BCUT2D eigenvalue weighted by Crippen LogP contribution is 2.60. The number of rotatable bonds is 9. The zero-order chi connectivity index (χ0) is 20.5. The summed E-state index contributed by atoms with van der Waals surface area (Å²) >= 11 is 4.07. The van der Waals surface area contributed by atoms with Gasteiger partial charge in [0, 0.05) is 12.2 Å². The van der Waals surface area contributed by atoms with Crippen LogP contribution in [0.25, 0.3) is 0 Å². The molecule has 0 bridgehead atoms. The lowest BCUT2D eigenvalue weighted by molar-refractivity contribution is -0.439. The maximum absolute atomic E-state index is 13.2. The number of hydrogen-bond acceptors (Lipinski definition) is 2. The lowest BCUT2D eigenvalue weighted by Crippen LogP contribution is -2.70. The molecule has 0 aromatic rings. The highest BCUT2D eigenvalue weighted by molar-refractivity contribution is 7.99. The van der Waals surface area contributed by atoms with Crippen LogP contribution in [0, 0.1) is 0 Å². The van der Waals surface area contributed by atoms with E-state index in [-0.39, 0.29) is 11.5 Å². The van der Waals surface area contributed by atoms with E-state index in [0.717, 1.165) is 0 Å². The van der Waals surface area contributed by atoms with Crippen molar-refractivity contribution >= 4 is 24.4 Å². The van der Waals surface area contributed by atoms with Gasteiger partial charge in [0.15, 0.2) is 0 Å². The van der Waals surface area contributed by atoms with Crippen LogP contribution >= 0.6 is 24.4 Å². The molecule has 152 valence electrons. The maximum Gasteiger partial charge on any atom is 0.460 e. The van der Waals surface area contributed by atoms with E-state index >= 15 is 0 Å². The minimum absolute atomic E-state index is 0.0243. The molecule has 0 atom stereocenters. The Morgan fingerprint density at radius 3 is 1.32 bits per heavy atom. The third-order valence-corrected chi connectivity index (χ3v) is 4.31. The molecular formula is C10H9F13S2. The van der Waals surface area contributed by atoms with Gasteiger partial charge in [-0.05, 0) is 11.5 Å². The second kappa shape index (κ2) is 7.43. The molecule has 0 saturated heterocycles. The van der Waals surface area contributed by atoms with E-state index in [4.69, 9.17) is 0 Å². The van der Waals surface area contributed by atoms with Crippen LogP contribution in [0.2, 0.25) is 0 Å². The first-order valence-electron chi connectivity index (χ1n) is 5.95. The monoisotopic (exact) mass is 440 g/mol. The molecular weight excluding hydrogens is 431 g/mol. The van der Waals surface area contributed by atoms with Gasteiger partial charge in [0.1, 0.15) is 0 Å². The van der Waals surface area contributed by atoms with Gasteiger partial charge < -0.3 is 0 Å². The number of thioether (sulfide) groups is 1. The molecule has 0 aromatic carbocycles. The molecule has 15 heteroatoms. The smallest absolute Gasteiger partial charge is 0.200 e. The lowest BCUT2D eigenvalue weighted by atomic mass is 9.93. The first-order chi connectivity index (χ1) is 10.8. The van der Waals surface area contributed by atoms with Crippen LogP contribution in [0.5, 0.6) is 0 Å². The molecule has 0 aliphatic carbocycles. The summed E-state index contributed by atoms with van der Waals surface area (Å²) in [4.78, 5) is 0. The van der Waals surface area contributed by atoms with E-state index < -0.39 is 48.0 Å². The molecule has 0 fully saturated rings. The van der Waals surface area contributed by atoms with Crippen molar-refractivity contribution in [3.63, 3.8) is 0 Å². The molecule has 0 aromatic heterocycles. The van der Waals surface area contributed by atoms with Crippen LogP contribution in [-0.2, 0) is 0 Å². The largest absolute Gasteiger partial charge is 0.460 e. The van der Waals surface area contributed by atoms with Crippen LogP contribution in [0.1, 0.15) is 6.42 Å². The average Bonchev–Trinajstić information content (AvgIpc) is 2.41. The van der Waals surface area contributed by atoms with Crippen molar-refractivity contribution in [3.05, 3.63) is 0 Å². The first-order valence-corrected chi connectivity index (χ1v) is 7.74. The second-order valence-electron chi connectivity index (χ2n) is 4.59. The molecule has 25 heavy (non-hydrogen) atoms. The van der Waals surface area contributed by atoms with Crippen LogP contribution in [-0.4, -0.2) is 53.0 Å². The fourth-order valence-corrected chi connectivity index (χ4v) is 2.45. The lowest BCUT2D eigenvalue weighted by Gasteiger charge is -2.39. The van der Waals surface area contributed by atoms with Crippen molar-refractivity contribution in [1.29, 1.82) is 0 Å². The summed E-state index contributed by atoms with van der Waals surface area (Å²) in [5.74, 6) is -37.3. The molecule has 0 saturated carbocycles. The van der Waals surface area contributed by atoms with Gasteiger partial charge in [-0.3, -0.25) is 0 Å². The summed E-state index contributed by atoms with van der Waals surface area (Å²) in [6.07, 6.45) is -9.55. The fourth-order valence-electron chi connectivity index (χ4n) is 1.33. The molecule has 0 aliphatic heterocycles. The van der Waals surface area contributed by atoms with Crippen molar-refractivity contribution in [2.75, 3.05) is 17.3 Å². The van der Waals surface area contributed by atoms with E-state index in [1.807, 2.05) is 0 Å². The van der Waals surface area contributed by atoms with Gasteiger partial charge >= 0.3 is 35.8 Å². The summed E-state index contributed by atoms with van der Waals surface area (Å²) in [6, 6.07) is 0. The Morgan fingerprint density at radius 2 is 0.960 bits per heavy atom. The molecule has 0 aliphatic rings. The van der Waals surface area contributed by atoms with E-state index in [9.17, 15) is 57.1 Å². The van der Waals surface area contributed by atoms with Crippen molar-refractivity contribution in [2.45, 2.75) is 42.2 Å². The first kappa shape index (κ1) is 24.8. The number of halogens is 13. The summed E-state index contributed by atoms with van der Waals surface area (Å²) in [6.45, 7) is 0. The third kappa shape index (κ3) is 4.21. The number of thiol groups is 1. The maximum atomic E-state index is 13.2. The van der Waals surface area contributed by atoms with Crippen molar-refractivity contribution in [3.8, 4) is 0 Å². The molecule has 0 N–H and O–H groups in total. The number of hydrogen-bond donors (Lipinski definition) is 1. The molecule has 0 heterocycles. The minimum atomic E-state index is -7.83. The van der Waals surface area contributed by atoms with Crippen molar-refractivity contribution < 1.29 is 57.1 Å². The normalized spacial score (nSPS) is 15.6. The summed E-state index contributed by atoms with van der Waals surface area (Å²) in [5.41, 5.74) is 0.